The largest absolute Gasteiger partial charge is 0.465 e. The van der Waals surface area contributed by atoms with Crippen LogP contribution in [0, 0.1) is 10.1 Å². The van der Waals surface area contributed by atoms with Crippen LogP contribution in [0.3, 0.4) is 0 Å². The summed E-state index contributed by atoms with van der Waals surface area (Å²) in [7, 11) is 1.17. The van der Waals surface area contributed by atoms with Crippen LogP contribution in [0.15, 0.2) is 12.1 Å². The van der Waals surface area contributed by atoms with Crippen molar-refractivity contribution < 1.29 is 14.5 Å². The second-order valence-electron chi connectivity index (χ2n) is 2.83. The Morgan fingerprint density at radius 3 is 2.62 bits per heavy atom. The van der Waals surface area contributed by atoms with Crippen molar-refractivity contribution >= 4 is 34.9 Å². The van der Waals surface area contributed by atoms with Crippen LogP contribution in [-0.4, -0.2) is 18.0 Å². The van der Waals surface area contributed by atoms with E-state index in [-0.39, 0.29) is 27.7 Å². The van der Waals surface area contributed by atoms with Crippen molar-refractivity contribution in [2.45, 2.75) is 5.88 Å². The first-order valence-corrected chi connectivity index (χ1v) is 5.03. The lowest BCUT2D eigenvalue weighted by molar-refractivity contribution is -0.385. The standard InChI is InChI=1S/C9H7Cl2NO4/c1-16-9(13)6-2-5(11)3-8(12(14)15)7(6)4-10/h2-3H,4H2,1H3. The minimum Gasteiger partial charge on any atom is -0.465 e. The maximum Gasteiger partial charge on any atom is 0.338 e. The van der Waals surface area contributed by atoms with E-state index in [0.29, 0.717) is 0 Å². The third-order valence-electron chi connectivity index (χ3n) is 1.93. The van der Waals surface area contributed by atoms with E-state index in [1.165, 1.54) is 13.2 Å². The maximum atomic E-state index is 11.4. The van der Waals surface area contributed by atoms with Crippen molar-refractivity contribution in [1.29, 1.82) is 0 Å². The number of rotatable bonds is 3. The molecule has 0 heterocycles. The topological polar surface area (TPSA) is 69.4 Å². The molecule has 1 rings (SSSR count). The summed E-state index contributed by atoms with van der Waals surface area (Å²) in [6.07, 6.45) is 0. The van der Waals surface area contributed by atoms with Gasteiger partial charge in [0.1, 0.15) is 0 Å². The molecule has 0 aliphatic rings. The number of methoxy groups -OCH3 is 1. The molecule has 0 atom stereocenters. The van der Waals surface area contributed by atoms with Crippen molar-refractivity contribution in [3.8, 4) is 0 Å². The smallest absolute Gasteiger partial charge is 0.338 e. The molecule has 0 aromatic heterocycles. The highest BCUT2D eigenvalue weighted by Crippen LogP contribution is 2.29. The Morgan fingerprint density at radius 1 is 1.56 bits per heavy atom. The molecule has 86 valence electrons. The average molecular weight is 264 g/mol. The monoisotopic (exact) mass is 263 g/mol. The number of alkyl halides is 1. The van der Waals surface area contributed by atoms with E-state index in [0.717, 1.165) is 6.07 Å². The molecule has 1 aromatic rings. The maximum absolute atomic E-state index is 11.4. The molecule has 0 radical (unpaired) electrons. The van der Waals surface area contributed by atoms with Crippen molar-refractivity contribution in [2.24, 2.45) is 0 Å². The van der Waals surface area contributed by atoms with Gasteiger partial charge in [-0.15, -0.1) is 11.6 Å². The molecule has 16 heavy (non-hydrogen) atoms. The number of ether oxygens (including phenoxy) is 1. The van der Waals surface area contributed by atoms with Crippen LogP contribution in [-0.2, 0) is 10.6 Å². The summed E-state index contributed by atoms with van der Waals surface area (Å²) in [4.78, 5) is 21.4. The highest BCUT2D eigenvalue weighted by molar-refractivity contribution is 6.31. The van der Waals surface area contributed by atoms with Gasteiger partial charge < -0.3 is 4.74 Å². The van der Waals surface area contributed by atoms with E-state index < -0.39 is 10.9 Å². The van der Waals surface area contributed by atoms with Crippen molar-refractivity contribution in [1.82, 2.24) is 0 Å². The molecule has 0 amide bonds. The molecule has 0 aliphatic heterocycles. The van der Waals surface area contributed by atoms with Gasteiger partial charge in [0, 0.05) is 11.1 Å². The van der Waals surface area contributed by atoms with Gasteiger partial charge in [-0.05, 0) is 6.07 Å². The van der Waals surface area contributed by atoms with Gasteiger partial charge in [-0.1, -0.05) is 11.6 Å². The highest BCUT2D eigenvalue weighted by atomic mass is 35.5. The van der Waals surface area contributed by atoms with E-state index in [4.69, 9.17) is 23.2 Å². The predicted molar refractivity (Wildman–Crippen MR) is 59.0 cm³/mol. The highest BCUT2D eigenvalue weighted by Gasteiger charge is 2.22. The minimum absolute atomic E-state index is 0.0108. The van der Waals surface area contributed by atoms with Gasteiger partial charge in [0.25, 0.3) is 5.69 Å². The van der Waals surface area contributed by atoms with Crippen LogP contribution in [0.5, 0.6) is 0 Å². The fourth-order valence-electron chi connectivity index (χ4n) is 1.22. The number of halogens is 2. The summed E-state index contributed by atoms with van der Waals surface area (Å²) in [5.41, 5.74) is -0.178. The van der Waals surface area contributed by atoms with Crippen molar-refractivity contribution in [3.05, 3.63) is 38.4 Å². The quantitative estimate of drug-likeness (QED) is 0.364. The Bertz CT molecular complexity index is 447. The van der Waals surface area contributed by atoms with Gasteiger partial charge in [-0.3, -0.25) is 10.1 Å². The van der Waals surface area contributed by atoms with Gasteiger partial charge in [0.2, 0.25) is 0 Å². The summed E-state index contributed by atoms with van der Waals surface area (Å²) in [5, 5.41) is 10.8. The summed E-state index contributed by atoms with van der Waals surface area (Å²) < 4.78 is 4.49. The van der Waals surface area contributed by atoms with Crippen molar-refractivity contribution in [3.63, 3.8) is 0 Å². The zero-order valence-electron chi connectivity index (χ0n) is 8.20. The molecule has 7 heteroatoms. The number of nitro benzene ring substituents is 1. The molecule has 0 saturated carbocycles. The van der Waals surface area contributed by atoms with Gasteiger partial charge in [0.05, 0.1) is 29.0 Å². The number of esters is 1. The number of carbonyl (C=O) groups is 1. The second kappa shape index (κ2) is 5.14. The van der Waals surface area contributed by atoms with E-state index in [2.05, 4.69) is 4.74 Å². The van der Waals surface area contributed by atoms with Gasteiger partial charge >= 0.3 is 5.97 Å². The first-order chi connectivity index (χ1) is 7.51. The van der Waals surface area contributed by atoms with E-state index in [1.807, 2.05) is 0 Å². The van der Waals surface area contributed by atoms with Crippen LogP contribution >= 0.6 is 23.2 Å². The fourth-order valence-corrected chi connectivity index (χ4v) is 1.71. The molecular weight excluding hydrogens is 257 g/mol. The molecule has 0 fully saturated rings. The number of nitro groups is 1. The normalized spacial score (nSPS) is 9.94. The lowest BCUT2D eigenvalue weighted by atomic mass is 10.1. The molecule has 0 spiro atoms. The molecule has 5 nitrogen and oxygen atoms in total. The molecule has 0 bridgehead atoms. The van der Waals surface area contributed by atoms with Crippen LogP contribution in [0.2, 0.25) is 5.02 Å². The molecular formula is C9H7Cl2NO4. The number of benzene rings is 1. The predicted octanol–water partition coefficient (Wildman–Crippen LogP) is 2.77. The molecule has 0 N–H and O–H groups in total. The Balaban J connectivity index is 3.48. The van der Waals surface area contributed by atoms with Crippen LogP contribution in [0.4, 0.5) is 5.69 Å². The summed E-state index contributed by atoms with van der Waals surface area (Å²) in [5.74, 6) is -0.876. The lowest BCUT2D eigenvalue weighted by Gasteiger charge is -2.06. The van der Waals surface area contributed by atoms with E-state index >= 15 is 0 Å². The number of nitrogens with zero attached hydrogens (tertiary/aromatic N) is 1. The zero-order chi connectivity index (χ0) is 12.3. The Labute approximate surface area is 101 Å². The van der Waals surface area contributed by atoms with E-state index in [1.54, 1.807) is 0 Å². The number of carbonyl (C=O) groups excluding carboxylic acids is 1. The SMILES string of the molecule is COC(=O)c1cc(Cl)cc([N+](=O)[O-])c1CCl. The third-order valence-corrected chi connectivity index (χ3v) is 2.41. The van der Waals surface area contributed by atoms with Gasteiger partial charge in [-0.2, -0.15) is 0 Å². The van der Waals surface area contributed by atoms with Crippen LogP contribution < -0.4 is 0 Å². The molecule has 1 aromatic carbocycles. The minimum atomic E-state index is -0.707. The second-order valence-corrected chi connectivity index (χ2v) is 3.54. The number of hydrogen-bond acceptors (Lipinski definition) is 4. The summed E-state index contributed by atoms with van der Waals surface area (Å²) in [6.45, 7) is 0. The summed E-state index contributed by atoms with van der Waals surface area (Å²) >= 11 is 11.2. The Morgan fingerprint density at radius 2 is 2.19 bits per heavy atom. The first-order valence-electron chi connectivity index (χ1n) is 4.12. The van der Waals surface area contributed by atoms with Gasteiger partial charge in [0.15, 0.2) is 0 Å². The fraction of sp³-hybridized carbons (Fsp3) is 0.222. The molecule has 0 aliphatic carbocycles. The van der Waals surface area contributed by atoms with Crippen molar-refractivity contribution in [2.75, 3.05) is 7.11 Å². The first kappa shape index (κ1) is 12.7. The van der Waals surface area contributed by atoms with Gasteiger partial charge in [-0.25, -0.2) is 4.79 Å². The Hall–Kier alpha value is -1.33. The van der Waals surface area contributed by atoms with E-state index in [9.17, 15) is 14.9 Å². The molecule has 0 saturated heterocycles. The van der Waals surface area contributed by atoms with Crippen LogP contribution in [0.25, 0.3) is 0 Å². The average Bonchev–Trinajstić information content (AvgIpc) is 2.26. The zero-order valence-corrected chi connectivity index (χ0v) is 9.71. The number of hydrogen-bond donors (Lipinski definition) is 0. The summed E-state index contributed by atoms with van der Waals surface area (Å²) in [6, 6.07) is 2.43. The third kappa shape index (κ3) is 2.43. The lowest BCUT2D eigenvalue weighted by Crippen LogP contribution is -2.07. The Kier molecular flexibility index (Phi) is 4.09. The van der Waals surface area contributed by atoms with Crippen LogP contribution in [0.1, 0.15) is 15.9 Å². The molecule has 0 unspecified atom stereocenters.